The molecule has 21 heavy (non-hydrogen) atoms. The largest absolute Gasteiger partial charge is 0.478 e. The summed E-state index contributed by atoms with van der Waals surface area (Å²) in [5.41, 5.74) is 8.22. The highest BCUT2D eigenvalue weighted by Gasteiger charge is 2.14. The molecule has 4 N–H and O–H groups in total. The summed E-state index contributed by atoms with van der Waals surface area (Å²) < 4.78 is 0. The second-order valence-corrected chi connectivity index (χ2v) is 4.78. The van der Waals surface area contributed by atoms with Gasteiger partial charge in [0.15, 0.2) is 0 Å². The van der Waals surface area contributed by atoms with E-state index in [2.05, 4.69) is 0 Å². The first-order valence-corrected chi connectivity index (χ1v) is 6.36. The number of hydrogen-bond donors (Lipinski definition) is 3. The summed E-state index contributed by atoms with van der Waals surface area (Å²) in [6.45, 7) is 1.79. The van der Waals surface area contributed by atoms with Crippen molar-refractivity contribution >= 4 is 11.9 Å². The van der Waals surface area contributed by atoms with Crippen LogP contribution in [0.5, 0.6) is 0 Å². The number of carboxylic acids is 2. The Morgan fingerprint density at radius 1 is 1.00 bits per heavy atom. The number of hydrogen-bond acceptors (Lipinski definition) is 3. The summed E-state index contributed by atoms with van der Waals surface area (Å²) in [5, 5.41) is 18.2. The van der Waals surface area contributed by atoms with E-state index in [1.165, 1.54) is 24.3 Å². The van der Waals surface area contributed by atoms with Crippen molar-refractivity contribution in [1.29, 1.82) is 0 Å². The van der Waals surface area contributed by atoms with E-state index in [4.69, 9.17) is 15.9 Å². The molecule has 0 radical (unpaired) electrons. The van der Waals surface area contributed by atoms with E-state index in [0.717, 1.165) is 5.56 Å². The normalized spacial score (nSPS) is 11.9. The zero-order chi connectivity index (χ0) is 15.6. The van der Waals surface area contributed by atoms with E-state index >= 15 is 0 Å². The topological polar surface area (TPSA) is 101 Å². The SMILES string of the molecule is CC(N)c1ccc(C(=O)O)cc1-c1cccc(C(=O)O)c1. The minimum absolute atomic E-state index is 0.134. The molecule has 1 atom stereocenters. The molecule has 0 saturated heterocycles. The number of carbonyl (C=O) groups is 2. The summed E-state index contributed by atoms with van der Waals surface area (Å²) >= 11 is 0. The van der Waals surface area contributed by atoms with E-state index in [0.29, 0.717) is 11.1 Å². The molecule has 0 aliphatic rings. The van der Waals surface area contributed by atoms with E-state index < -0.39 is 11.9 Å². The van der Waals surface area contributed by atoms with Gasteiger partial charge in [-0.05, 0) is 47.9 Å². The van der Waals surface area contributed by atoms with Crippen LogP contribution in [-0.4, -0.2) is 22.2 Å². The maximum Gasteiger partial charge on any atom is 0.335 e. The highest BCUT2D eigenvalue weighted by molar-refractivity contribution is 5.92. The summed E-state index contributed by atoms with van der Waals surface area (Å²) in [4.78, 5) is 22.2. The molecule has 0 aliphatic carbocycles. The minimum atomic E-state index is -1.04. The Morgan fingerprint density at radius 2 is 1.62 bits per heavy atom. The van der Waals surface area contributed by atoms with Gasteiger partial charge >= 0.3 is 11.9 Å². The molecule has 108 valence electrons. The quantitative estimate of drug-likeness (QED) is 0.802. The smallest absolute Gasteiger partial charge is 0.335 e. The van der Waals surface area contributed by atoms with Gasteiger partial charge in [-0.25, -0.2) is 9.59 Å². The molecule has 0 fully saturated rings. The Bertz CT molecular complexity index is 707. The third-order valence-electron chi connectivity index (χ3n) is 3.21. The van der Waals surface area contributed by atoms with Gasteiger partial charge in [-0.2, -0.15) is 0 Å². The summed E-state index contributed by atoms with van der Waals surface area (Å²) in [5.74, 6) is -2.07. The van der Waals surface area contributed by atoms with Crippen LogP contribution in [0, 0.1) is 0 Å². The fraction of sp³-hybridized carbons (Fsp3) is 0.125. The molecule has 0 aliphatic heterocycles. The maximum atomic E-state index is 11.1. The molecule has 0 saturated carbocycles. The fourth-order valence-electron chi connectivity index (χ4n) is 2.16. The molecular weight excluding hydrogens is 270 g/mol. The van der Waals surface area contributed by atoms with E-state index in [1.807, 2.05) is 0 Å². The lowest BCUT2D eigenvalue weighted by Gasteiger charge is -2.14. The zero-order valence-corrected chi connectivity index (χ0v) is 11.4. The molecule has 2 aromatic rings. The van der Waals surface area contributed by atoms with Crippen molar-refractivity contribution in [2.24, 2.45) is 5.73 Å². The summed E-state index contributed by atoms with van der Waals surface area (Å²) in [6, 6.07) is 10.7. The first-order valence-electron chi connectivity index (χ1n) is 6.36. The predicted molar refractivity (Wildman–Crippen MR) is 78.4 cm³/mol. The first kappa shape index (κ1) is 14.7. The van der Waals surface area contributed by atoms with Crippen LogP contribution in [-0.2, 0) is 0 Å². The van der Waals surface area contributed by atoms with Crippen LogP contribution in [0.25, 0.3) is 11.1 Å². The lowest BCUT2D eigenvalue weighted by atomic mass is 9.93. The lowest BCUT2D eigenvalue weighted by molar-refractivity contribution is 0.0686. The van der Waals surface area contributed by atoms with Crippen LogP contribution in [0.4, 0.5) is 0 Å². The number of nitrogens with two attached hydrogens (primary N) is 1. The monoisotopic (exact) mass is 285 g/mol. The van der Waals surface area contributed by atoms with Gasteiger partial charge in [0.25, 0.3) is 0 Å². The number of carboxylic acid groups (broad SMARTS) is 2. The Kier molecular flexibility index (Phi) is 4.05. The van der Waals surface area contributed by atoms with Crippen LogP contribution < -0.4 is 5.73 Å². The van der Waals surface area contributed by atoms with Gasteiger partial charge in [-0.1, -0.05) is 18.2 Å². The number of aromatic carboxylic acids is 2. The van der Waals surface area contributed by atoms with E-state index in [9.17, 15) is 9.59 Å². The molecule has 2 aromatic carbocycles. The van der Waals surface area contributed by atoms with Crippen molar-refractivity contribution in [3.05, 3.63) is 59.2 Å². The fourth-order valence-corrected chi connectivity index (χ4v) is 2.16. The minimum Gasteiger partial charge on any atom is -0.478 e. The molecular formula is C16H15NO4. The highest BCUT2D eigenvalue weighted by Crippen LogP contribution is 2.29. The van der Waals surface area contributed by atoms with Crippen molar-refractivity contribution < 1.29 is 19.8 Å². The third kappa shape index (κ3) is 3.09. The first-order chi connectivity index (χ1) is 9.90. The Balaban J connectivity index is 2.65. The molecule has 0 bridgehead atoms. The van der Waals surface area contributed by atoms with Crippen LogP contribution in [0.3, 0.4) is 0 Å². The molecule has 0 aromatic heterocycles. The Morgan fingerprint density at radius 3 is 2.19 bits per heavy atom. The van der Waals surface area contributed by atoms with Gasteiger partial charge in [0.2, 0.25) is 0 Å². The molecule has 5 nitrogen and oxygen atoms in total. The van der Waals surface area contributed by atoms with Gasteiger partial charge in [0, 0.05) is 6.04 Å². The van der Waals surface area contributed by atoms with Crippen LogP contribution in [0.2, 0.25) is 0 Å². The Hall–Kier alpha value is -2.66. The van der Waals surface area contributed by atoms with E-state index in [-0.39, 0.29) is 17.2 Å². The molecule has 0 heterocycles. The van der Waals surface area contributed by atoms with Crippen molar-refractivity contribution in [2.45, 2.75) is 13.0 Å². The zero-order valence-electron chi connectivity index (χ0n) is 11.4. The molecule has 0 amide bonds. The van der Waals surface area contributed by atoms with Crippen LogP contribution in [0.15, 0.2) is 42.5 Å². The van der Waals surface area contributed by atoms with E-state index in [1.54, 1.807) is 25.1 Å². The average Bonchev–Trinajstić information content (AvgIpc) is 2.46. The van der Waals surface area contributed by atoms with Crippen molar-refractivity contribution in [1.82, 2.24) is 0 Å². The maximum absolute atomic E-state index is 11.1. The predicted octanol–water partition coefficient (Wildman–Crippen LogP) is 2.77. The van der Waals surface area contributed by atoms with Crippen molar-refractivity contribution in [3.63, 3.8) is 0 Å². The number of rotatable bonds is 4. The standard InChI is InChI=1S/C16H15NO4/c1-9(17)13-6-5-12(16(20)21)8-14(13)10-3-2-4-11(7-10)15(18)19/h2-9H,17H2,1H3,(H,18,19)(H,20,21). The van der Waals surface area contributed by atoms with Crippen molar-refractivity contribution in [2.75, 3.05) is 0 Å². The Labute approximate surface area is 121 Å². The molecule has 5 heteroatoms. The number of benzene rings is 2. The van der Waals surface area contributed by atoms with Gasteiger partial charge in [-0.15, -0.1) is 0 Å². The molecule has 0 spiro atoms. The second-order valence-electron chi connectivity index (χ2n) is 4.78. The summed E-state index contributed by atoms with van der Waals surface area (Å²) in [6.07, 6.45) is 0. The van der Waals surface area contributed by atoms with Crippen LogP contribution >= 0.6 is 0 Å². The van der Waals surface area contributed by atoms with Gasteiger partial charge in [-0.3, -0.25) is 0 Å². The highest BCUT2D eigenvalue weighted by atomic mass is 16.4. The second kappa shape index (κ2) is 5.76. The van der Waals surface area contributed by atoms with Gasteiger partial charge in [0.05, 0.1) is 11.1 Å². The van der Waals surface area contributed by atoms with Crippen LogP contribution in [0.1, 0.15) is 39.2 Å². The van der Waals surface area contributed by atoms with Gasteiger partial charge in [0.1, 0.15) is 0 Å². The van der Waals surface area contributed by atoms with Gasteiger partial charge < -0.3 is 15.9 Å². The molecule has 2 rings (SSSR count). The summed E-state index contributed by atoms with van der Waals surface area (Å²) in [7, 11) is 0. The van der Waals surface area contributed by atoms with Crippen molar-refractivity contribution in [3.8, 4) is 11.1 Å². The average molecular weight is 285 g/mol. The third-order valence-corrected chi connectivity index (χ3v) is 3.21. The molecule has 1 unspecified atom stereocenters. The lowest BCUT2D eigenvalue weighted by Crippen LogP contribution is -2.08.